The van der Waals surface area contributed by atoms with Gasteiger partial charge in [0.15, 0.2) is 0 Å². The summed E-state index contributed by atoms with van der Waals surface area (Å²) in [4.78, 5) is 2.45. The normalized spacial score (nSPS) is 16.9. The van der Waals surface area contributed by atoms with Crippen molar-refractivity contribution >= 4 is 0 Å². The van der Waals surface area contributed by atoms with Crippen molar-refractivity contribution in [1.82, 2.24) is 10.2 Å². The number of phenolic OH excluding ortho intramolecular Hbond substituents is 1. The second-order valence-electron chi connectivity index (χ2n) is 4.85. The lowest BCUT2D eigenvalue weighted by molar-refractivity contribution is 0.229. The molecule has 0 aromatic heterocycles. The summed E-state index contributed by atoms with van der Waals surface area (Å²) >= 11 is 0. The molecule has 100 valence electrons. The zero-order chi connectivity index (χ0) is 12.8. The molecule has 0 radical (unpaired) electrons. The Labute approximate surface area is 108 Å². The van der Waals surface area contributed by atoms with Gasteiger partial charge in [0.05, 0.1) is 0 Å². The minimum Gasteiger partial charge on any atom is -0.508 e. The van der Waals surface area contributed by atoms with Gasteiger partial charge in [-0.05, 0) is 44.1 Å². The highest BCUT2D eigenvalue weighted by Gasteiger charge is 2.09. The maximum atomic E-state index is 13.0. The van der Waals surface area contributed by atoms with Crippen LogP contribution in [0.25, 0.3) is 0 Å². The van der Waals surface area contributed by atoms with E-state index in [0.29, 0.717) is 12.1 Å². The molecular weight excluding hydrogens is 231 g/mol. The van der Waals surface area contributed by atoms with Gasteiger partial charge in [0, 0.05) is 25.2 Å². The molecule has 0 unspecified atom stereocenters. The monoisotopic (exact) mass is 252 g/mol. The SMILES string of the molecule is Oc1ccc(F)cc1CNCCN1CCCCC1. The van der Waals surface area contributed by atoms with E-state index in [2.05, 4.69) is 10.2 Å². The van der Waals surface area contributed by atoms with E-state index >= 15 is 0 Å². The molecule has 0 atom stereocenters. The van der Waals surface area contributed by atoms with E-state index in [4.69, 9.17) is 0 Å². The minimum absolute atomic E-state index is 0.155. The zero-order valence-electron chi connectivity index (χ0n) is 10.7. The molecule has 3 nitrogen and oxygen atoms in total. The smallest absolute Gasteiger partial charge is 0.123 e. The molecule has 1 aliphatic heterocycles. The molecule has 1 aliphatic rings. The van der Waals surface area contributed by atoms with Gasteiger partial charge in [-0.2, -0.15) is 0 Å². The van der Waals surface area contributed by atoms with Gasteiger partial charge in [-0.1, -0.05) is 6.42 Å². The lowest BCUT2D eigenvalue weighted by Crippen LogP contribution is -2.35. The van der Waals surface area contributed by atoms with E-state index in [1.807, 2.05) is 0 Å². The molecule has 0 amide bonds. The van der Waals surface area contributed by atoms with Crippen LogP contribution in [0.3, 0.4) is 0 Å². The van der Waals surface area contributed by atoms with Crippen LogP contribution < -0.4 is 5.32 Å². The number of piperidine rings is 1. The van der Waals surface area contributed by atoms with Crippen LogP contribution in [0.4, 0.5) is 4.39 Å². The first-order valence-electron chi connectivity index (χ1n) is 6.66. The Morgan fingerprint density at radius 2 is 2.00 bits per heavy atom. The maximum Gasteiger partial charge on any atom is 0.123 e. The Bertz CT molecular complexity index is 378. The molecule has 0 saturated carbocycles. The van der Waals surface area contributed by atoms with E-state index in [1.54, 1.807) is 0 Å². The fourth-order valence-electron chi connectivity index (χ4n) is 2.34. The Morgan fingerprint density at radius 1 is 1.22 bits per heavy atom. The van der Waals surface area contributed by atoms with Crippen molar-refractivity contribution in [2.45, 2.75) is 25.8 Å². The van der Waals surface area contributed by atoms with Gasteiger partial charge in [-0.15, -0.1) is 0 Å². The van der Waals surface area contributed by atoms with Crippen molar-refractivity contribution in [3.05, 3.63) is 29.6 Å². The van der Waals surface area contributed by atoms with Crippen LogP contribution in [0.1, 0.15) is 24.8 Å². The van der Waals surface area contributed by atoms with Crippen LogP contribution >= 0.6 is 0 Å². The van der Waals surface area contributed by atoms with Gasteiger partial charge in [0.1, 0.15) is 11.6 Å². The lowest BCUT2D eigenvalue weighted by Gasteiger charge is -2.26. The number of benzene rings is 1. The Balaban J connectivity index is 1.69. The van der Waals surface area contributed by atoms with E-state index < -0.39 is 0 Å². The van der Waals surface area contributed by atoms with Crippen molar-refractivity contribution < 1.29 is 9.50 Å². The number of likely N-dealkylation sites (tertiary alicyclic amines) is 1. The van der Waals surface area contributed by atoms with E-state index in [-0.39, 0.29) is 11.6 Å². The van der Waals surface area contributed by atoms with Crippen molar-refractivity contribution in [3.8, 4) is 5.75 Å². The second-order valence-corrected chi connectivity index (χ2v) is 4.85. The van der Waals surface area contributed by atoms with Crippen LogP contribution in [0.5, 0.6) is 5.75 Å². The Kier molecular flexibility index (Phi) is 4.96. The summed E-state index contributed by atoms with van der Waals surface area (Å²) in [6, 6.07) is 4.05. The predicted octanol–water partition coefficient (Wildman–Crippen LogP) is 2.11. The molecule has 0 spiro atoms. The first-order valence-corrected chi connectivity index (χ1v) is 6.66. The molecular formula is C14H21FN2O. The van der Waals surface area contributed by atoms with Crippen LogP contribution in [0, 0.1) is 5.82 Å². The van der Waals surface area contributed by atoms with Crippen molar-refractivity contribution in [2.75, 3.05) is 26.2 Å². The first-order chi connectivity index (χ1) is 8.75. The van der Waals surface area contributed by atoms with Gasteiger partial charge in [0.2, 0.25) is 0 Å². The molecule has 2 rings (SSSR count). The summed E-state index contributed by atoms with van der Waals surface area (Å²) in [5, 5.41) is 12.8. The van der Waals surface area contributed by atoms with Crippen LogP contribution in [-0.4, -0.2) is 36.2 Å². The second kappa shape index (κ2) is 6.71. The van der Waals surface area contributed by atoms with Crippen LogP contribution in [0.2, 0.25) is 0 Å². The fraction of sp³-hybridized carbons (Fsp3) is 0.571. The zero-order valence-corrected chi connectivity index (χ0v) is 10.7. The number of halogens is 1. The van der Waals surface area contributed by atoms with E-state index in [0.717, 1.165) is 13.1 Å². The highest BCUT2D eigenvalue weighted by atomic mass is 19.1. The molecule has 0 aliphatic carbocycles. The quantitative estimate of drug-likeness (QED) is 0.788. The number of nitrogens with one attached hydrogen (secondary N) is 1. The molecule has 18 heavy (non-hydrogen) atoms. The van der Waals surface area contributed by atoms with Crippen LogP contribution in [0.15, 0.2) is 18.2 Å². The summed E-state index contributed by atoms with van der Waals surface area (Å²) in [5.74, 6) is -0.150. The molecule has 1 heterocycles. The van der Waals surface area contributed by atoms with Crippen molar-refractivity contribution in [2.24, 2.45) is 0 Å². The third-order valence-electron chi connectivity index (χ3n) is 3.41. The van der Waals surface area contributed by atoms with Crippen molar-refractivity contribution in [1.29, 1.82) is 0 Å². The summed E-state index contributed by atoms with van der Waals surface area (Å²) in [6.45, 7) is 4.78. The van der Waals surface area contributed by atoms with E-state index in [1.165, 1.54) is 50.6 Å². The van der Waals surface area contributed by atoms with Crippen molar-refractivity contribution in [3.63, 3.8) is 0 Å². The molecule has 1 aromatic carbocycles. The summed E-state index contributed by atoms with van der Waals surface area (Å²) in [6.07, 6.45) is 3.94. The maximum absolute atomic E-state index is 13.0. The number of hydrogen-bond acceptors (Lipinski definition) is 3. The molecule has 1 fully saturated rings. The summed E-state index contributed by atoms with van der Waals surface area (Å²) in [7, 11) is 0. The number of aromatic hydroxyl groups is 1. The number of rotatable bonds is 5. The highest BCUT2D eigenvalue weighted by Crippen LogP contribution is 2.17. The molecule has 2 N–H and O–H groups in total. The van der Waals surface area contributed by atoms with E-state index in [9.17, 15) is 9.50 Å². The molecule has 4 heteroatoms. The Morgan fingerprint density at radius 3 is 2.78 bits per heavy atom. The topological polar surface area (TPSA) is 35.5 Å². The third kappa shape index (κ3) is 3.96. The van der Waals surface area contributed by atoms with Gasteiger partial charge < -0.3 is 15.3 Å². The summed E-state index contributed by atoms with van der Waals surface area (Å²) < 4.78 is 13.0. The number of phenols is 1. The Hall–Kier alpha value is -1.13. The first kappa shape index (κ1) is 13.3. The molecule has 1 saturated heterocycles. The average Bonchev–Trinajstić information content (AvgIpc) is 2.40. The lowest BCUT2D eigenvalue weighted by atomic mass is 10.1. The summed E-state index contributed by atoms with van der Waals surface area (Å²) in [5.41, 5.74) is 0.619. The van der Waals surface area contributed by atoms with Gasteiger partial charge in [0.25, 0.3) is 0 Å². The van der Waals surface area contributed by atoms with Gasteiger partial charge >= 0.3 is 0 Å². The van der Waals surface area contributed by atoms with Gasteiger partial charge in [-0.3, -0.25) is 0 Å². The average molecular weight is 252 g/mol. The van der Waals surface area contributed by atoms with Gasteiger partial charge in [-0.25, -0.2) is 4.39 Å². The fourth-order valence-corrected chi connectivity index (χ4v) is 2.34. The van der Waals surface area contributed by atoms with Crippen LogP contribution in [-0.2, 0) is 6.54 Å². The minimum atomic E-state index is -0.305. The molecule has 1 aromatic rings. The largest absolute Gasteiger partial charge is 0.508 e. The number of hydrogen-bond donors (Lipinski definition) is 2. The predicted molar refractivity (Wildman–Crippen MR) is 70.1 cm³/mol. The number of nitrogens with zero attached hydrogens (tertiary/aromatic N) is 1. The highest BCUT2D eigenvalue weighted by molar-refractivity contribution is 5.32. The standard InChI is InChI=1S/C14H21FN2O/c15-13-4-5-14(18)12(10-13)11-16-6-9-17-7-2-1-3-8-17/h4-5,10,16,18H,1-3,6-9,11H2. The molecule has 0 bridgehead atoms. The third-order valence-corrected chi connectivity index (χ3v) is 3.41.